The Balaban J connectivity index is 1.97. The molecule has 2 rings (SSSR count). The van der Waals surface area contributed by atoms with E-state index in [0.717, 1.165) is 29.6 Å². The number of nitrogens with zero attached hydrogens (tertiary/aromatic N) is 2. The number of pyridine rings is 2. The second kappa shape index (κ2) is 5.25. The smallest absolute Gasteiger partial charge is 0.404 e. The molecule has 0 bridgehead atoms. The van der Waals surface area contributed by atoms with Gasteiger partial charge in [0, 0.05) is 23.8 Å². The third-order valence-electron chi connectivity index (χ3n) is 2.41. The maximum Gasteiger partial charge on any atom is 0.404 e. The molecule has 17 heavy (non-hydrogen) atoms. The molecular weight excluding hydrogens is 218 g/mol. The van der Waals surface area contributed by atoms with Crippen LogP contribution in [0, 0.1) is 0 Å². The van der Waals surface area contributed by atoms with Crippen molar-refractivity contribution >= 4 is 17.1 Å². The summed E-state index contributed by atoms with van der Waals surface area (Å²) in [5.74, 6) is 0. The number of nitrogens with one attached hydrogen (secondary N) is 1. The lowest BCUT2D eigenvalue weighted by Crippen LogP contribution is -2.22. The monoisotopic (exact) mass is 231 g/mol. The zero-order chi connectivity index (χ0) is 12.1. The van der Waals surface area contributed by atoms with Gasteiger partial charge in [-0.1, -0.05) is 0 Å². The van der Waals surface area contributed by atoms with Crippen molar-refractivity contribution in [3.63, 3.8) is 0 Å². The number of aromatic nitrogens is 2. The number of fused-ring (bicyclic) bond motifs is 1. The molecule has 0 fully saturated rings. The van der Waals surface area contributed by atoms with E-state index < -0.39 is 6.09 Å². The largest absolute Gasteiger partial charge is 0.465 e. The molecule has 0 aliphatic carbocycles. The van der Waals surface area contributed by atoms with Gasteiger partial charge in [0.05, 0.1) is 0 Å². The first kappa shape index (κ1) is 11.3. The maximum absolute atomic E-state index is 10.2. The standard InChI is InChI=1S/C12H13N3O2/c16-12(17)14-8-2-4-10-6-5-9-3-1-7-13-11(9)15-10/h1,3,5-7,14H,2,4,8H2,(H,16,17). The molecule has 2 aromatic rings. The van der Waals surface area contributed by atoms with Gasteiger partial charge in [0.2, 0.25) is 0 Å². The Kier molecular flexibility index (Phi) is 3.49. The van der Waals surface area contributed by atoms with E-state index in [9.17, 15) is 4.79 Å². The van der Waals surface area contributed by atoms with Crippen molar-refractivity contribution in [2.24, 2.45) is 0 Å². The summed E-state index contributed by atoms with van der Waals surface area (Å²) in [5, 5.41) is 11.8. The predicted octanol–water partition coefficient (Wildman–Crippen LogP) is 1.83. The third-order valence-corrected chi connectivity index (χ3v) is 2.41. The lowest BCUT2D eigenvalue weighted by Gasteiger charge is -2.02. The molecule has 2 aromatic heterocycles. The minimum Gasteiger partial charge on any atom is -0.465 e. The average Bonchev–Trinajstić information content (AvgIpc) is 2.34. The van der Waals surface area contributed by atoms with Gasteiger partial charge in [-0.3, -0.25) is 0 Å². The Bertz CT molecular complexity index is 528. The molecule has 0 atom stereocenters. The molecular formula is C12H13N3O2. The van der Waals surface area contributed by atoms with Crippen molar-refractivity contribution in [1.82, 2.24) is 15.3 Å². The highest BCUT2D eigenvalue weighted by Crippen LogP contribution is 2.10. The Labute approximate surface area is 98.5 Å². The number of hydrogen-bond donors (Lipinski definition) is 2. The highest BCUT2D eigenvalue weighted by molar-refractivity contribution is 5.74. The van der Waals surface area contributed by atoms with Crippen molar-refractivity contribution in [3.05, 3.63) is 36.2 Å². The molecule has 1 amide bonds. The summed E-state index contributed by atoms with van der Waals surface area (Å²) in [5.41, 5.74) is 1.67. The van der Waals surface area contributed by atoms with Crippen molar-refractivity contribution < 1.29 is 9.90 Å². The van der Waals surface area contributed by atoms with Crippen LogP contribution in [0.1, 0.15) is 12.1 Å². The van der Waals surface area contributed by atoms with E-state index >= 15 is 0 Å². The normalized spacial score (nSPS) is 10.4. The summed E-state index contributed by atoms with van der Waals surface area (Å²) in [7, 11) is 0. The number of carbonyl (C=O) groups is 1. The van der Waals surface area contributed by atoms with Gasteiger partial charge in [0.15, 0.2) is 5.65 Å². The lowest BCUT2D eigenvalue weighted by molar-refractivity contribution is 0.194. The summed E-state index contributed by atoms with van der Waals surface area (Å²) < 4.78 is 0. The van der Waals surface area contributed by atoms with Crippen molar-refractivity contribution in [2.45, 2.75) is 12.8 Å². The van der Waals surface area contributed by atoms with E-state index in [-0.39, 0.29) is 0 Å². The van der Waals surface area contributed by atoms with Crippen molar-refractivity contribution in [2.75, 3.05) is 6.54 Å². The number of rotatable bonds is 4. The highest BCUT2D eigenvalue weighted by Gasteiger charge is 1.99. The molecule has 2 N–H and O–H groups in total. The third kappa shape index (κ3) is 3.14. The van der Waals surface area contributed by atoms with Crippen LogP contribution in [0.3, 0.4) is 0 Å². The SMILES string of the molecule is O=C(O)NCCCc1ccc2cccnc2n1. The van der Waals surface area contributed by atoms with Gasteiger partial charge < -0.3 is 10.4 Å². The highest BCUT2D eigenvalue weighted by atomic mass is 16.4. The zero-order valence-corrected chi connectivity index (χ0v) is 9.26. The van der Waals surface area contributed by atoms with Crippen LogP contribution in [0.5, 0.6) is 0 Å². The second-order valence-electron chi connectivity index (χ2n) is 3.69. The molecule has 0 aromatic carbocycles. The molecule has 5 heteroatoms. The van der Waals surface area contributed by atoms with Crippen LogP contribution >= 0.6 is 0 Å². The Morgan fingerprint density at radius 1 is 1.35 bits per heavy atom. The summed E-state index contributed by atoms with van der Waals surface area (Å²) in [6.07, 6.45) is 2.20. The summed E-state index contributed by atoms with van der Waals surface area (Å²) in [6.45, 7) is 0.442. The molecule has 5 nitrogen and oxygen atoms in total. The van der Waals surface area contributed by atoms with Crippen LogP contribution in [0.25, 0.3) is 11.0 Å². The van der Waals surface area contributed by atoms with Crippen LogP contribution in [0.15, 0.2) is 30.5 Å². The molecule has 0 aliphatic heterocycles. The van der Waals surface area contributed by atoms with Crippen LogP contribution in [-0.4, -0.2) is 27.7 Å². The van der Waals surface area contributed by atoms with Gasteiger partial charge in [-0.05, 0) is 37.1 Å². The van der Waals surface area contributed by atoms with Crippen LogP contribution in [0.4, 0.5) is 4.79 Å². The molecule has 0 spiro atoms. The molecule has 88 valence electrons. The summed E-state index contributed by atoms with van der Waals surface area (Å²) in [6, 6.07) is 7.77. The Hall–Kier alpha value is -2.17. The second-order valence-corrected chi connectivity index (χ2v) is 3.69. The molecule has 0 aliphatic rings. The minimum absolute atomic E-state index is 0.442. The lowest BCUT2D eigenvalue weighted by atomic mass is 10.2. The maximum atomic E-state index is 10.2. The number of amides is 1. The fourth-order valence-electron chi connectivity index (χ4n) is 1.60. The van der Waals surface area contributed by atoms with Crippen LogP contribution in [-0.2, 0) is 6.42 Å². The van der Waals surface area contributed by atoms with Crippen molar-refractivity contribution in [1.29, 1.82) is 0 Å². The topological polar surface area (TPSA) is 75.1 Å². The molecule has 0 unspecified atom stereocenters. The summed E-state index contributed by atoms with van der Waals surface area (Å²) in [4.78, 5) is 18.8. The van der Waals surface area contributed by atoms with E-state index in [1.165, 1.54) is 0 Å². The fraction of sp³-hybridized carbons (Fsp3) is 0.250. The minimum atomic E-state index is -0.988. The quantitative estimate of drug-likeness (QED) is 0.787. The van der Waals surface area contributed by atoms with Gasteiger partial charge in [-0.2, -0.15) is 0 Å². The Morgan fingerprint density at radius 3 is 3.06 bits per heavy atom. The first-order valence-electron chi connectivity index (χ1n) is 5.43. The first-order valence-corrected chi connectivity index (χ1v) is 5.43. The van der Waals surface area contributed by atoms with Gasteiger partial charge >= 0.3 is 6.09 Å². The predicted molar refractivity (Wildman–Crippen MR) is 63.9 cm³/mol. The molecule has 2 heterocycles. The number of carboxylic acid groups (broad SMARTS) is 1. The van der Waals surface area contributed by atoms with E-state index in [0.29, 0.717) is 6.54 Å². The van der Waals surface area contributed by atoms with Gasteiger partial charge in [-0.25, -0.2) is 14.8 Å². The first-order chi connectivity index (χ1) is 8.25. The van der Waals surface area contributed by atoms with Crippen LogP contribution in [0.2, 0.25) is 0 Å². The number of hydrogen-bond acceptors (Lipinski definition) is 3. The average molecular weight is 231 g/mol. The molecule has 0 saturated heterocycles. The van der Waals surface area contributed by atoms with Crippen LogP contribution < -0.4 is 5.32 Å². The van der Waals surface area contributed by atoms with E-state index in [2.05, 4.69) is 15.3 Å². The van der Waals surface area contributed by atoms with Crippen molar-refractivity contribution in [3.8, 4) is 0 Å². The van der Waals surface area contributed by atoms with E-state index in [1.807, 2.05) is 24.3 Å². The number of aryl methyl sites for hydroxylation is 1. The van der Waals surface area contributed by atoms with E-state index in [4.69, 9.17) is 5.11 Å². The molecule has 0 radical (unpaired) electrons. The van der Waals surface area contributed by atoms with Gasteiger partial charge in [0.25, 0.3) is 0 Å². The van der Waals surface area contributed by atoms with E-state index in [1.54, 1.807) is 6.20 Å². The van der Waals surface area contributed by atoms with Gasteiger partial charge in [0.1, 0.15) is 0 Å². The summed E-state index contributed by atoms with van der Waals surface area (Å²) >= 11 is 0. The van der Waals surface area contributed by atoms with Gasteiger partial charge in [-0.15, -0.1) is 0 Å². The Morgan fingerprint density at radius 2 is 2.24 bits per heavy atom. The zero-order valence-electron chi connectivity index (χ0n) is 9.26. The fourth-order valence-corrected chi connectivity index (χ4v) is 1.60. The molecule has 0 saturated carbocycles.